The quantitative estimate of drug-likeness (QED) is 0.797. The normalized spacial score (nSPS) is 10.2. The number of aromatic carboxylic acids is 1. The minimum absolute atomic E-state index is 0.0249. The first-order valence-corrected chi connectivity index (χ1v) is 4.12. The molecule has 66 valence electrons. The molecule has 5 nitrogen and oxygen atoms in total. The molecule has 1 aromatic rings. The number of nitrogen functional groups attached to an aromatic ring is 1. The van der Waals surface area contributed by atoms with Crippen molar-refractivity contribution in [3.63, 3.8) is 0 Å². The minimum Gasteiger partial charge on any atom is -0.477 e. The summed E-state index contributed by atoms with van der Waals surface area (Å²) in [6, 6.07) is 0. The molecule has 0 aliphatic carbocycles. The maximum absolute atomic E-state index is 10.6. The molecule has 0 amide bonds. The summed E-state index contributed by atoms with van der Waals surface area (Å²) in [6.07, 6.45) is 0. The van der Waals surface area contributed by atoms with Gasteiger partial charge in [0.2, 0.25) is 0 Å². The van der Waals surface area contributed by atoms with Crippen molar-refractivity contribution in [3.8, 4) is 0 Å². The molecule has 0 aliphatic heterocycles. The number of hydrogen-bond acceptors (Lipinski definition) is 3. The first-order valence-electron chi connectivity index (χ1n) is 3.33. The number of carboxylic acids is 1. The zero-order valence-corrected chi connectivity index (χ0v) is 8.00. The third-order valence-corrected chi connectivity index (χ3v) is 2.02. The summed E-state index contributed by atoms with van der Waals surface area (Å²) in [5, 5.41) is 12.6. The number of rotatable bonds is 2. The van der Waals surface area contributed by atoms with Crippen LogP contribution in [0.3, 0.4) is 0 Å². The van der Waals surface area contributed by atoms with E-state index in [4.69, 9.17) is 10.8 Å². The molecule has 3 N–H and O–H groups in total. The zero-order chi connectivity index (χ0) is 9.30. The summed E-state index contributed by atoms with van der Waals surface area (Å²) >= 11 is 3.02. The van der Waals surface area contributed by atoms with Gasteiger partial charge in [-0.05, 0) is 22.9 Å². The third-order valence-electron chi connectivity index (χ3n) is 1.46. The van der Waals surface area contributed by atoms with Crippen molar-refractivity contribution < 1.29 is 9.90 Å². The van der Waals surface area contributed by atoms with Crippen molar-refractivity contribution in [2.45, 2.75) is 13.5 Å². The Balaban J connectivity index is 3.28. The van der Waals surface area contributed by atoms with Gasteiger partial charge in [-0.3, -0.25) is 0 Å². The van der Waals surface area contributed by atoms with Crippen molar-refractivity contribution in [1.29, 1.82) is 0 Å². The molecule has 0 atom stereocenters. The van der Waals surface area contributed by atoms with E-state index < -0.39 is 5.97 Å². The fraction of sp³-hybridized carbons (Fsp3) is 0.333. The monoisotopic (exact) mass is 233 g/mol. The highest BCUT2D eigenvalue weighted by atomic mass is 79.9. The van der Waals surface area contributed by atoms with E-state index in [1.54, 1.807) is 0 Å². The summed E-state index contributed by atoms with van der Waals surface area (Å²) in [6.45, 7) is 2.39. The highest BCUT2D eigenvalue weighted by Crippen LogP contribution is 2.21. The number of carboxylic acid groups (broad SMARTS) is 1. The van der Waals surface area contributed by atoms with Crippen molar-refractivity contribution in [1.82, 2.24) is 9.78 Å². The Hall–Kier alpha value is -1.04. The van der Waals surface area contributed by atoms with Crippen molar-refractivity contribution >= 4 is 27.7 Å². The van der Waals surface area contributed by atoms with Crippen LogP contribution in [0.5, 0.6) is 0 Å². The van der Waals surface area contributed by atoms with Crippen LogP contribution >= 0.6 is 15.9 Å². The van der Waals surface area contributed by atoms with Crippen LogP contribution in [0.25, 0.3) is 0 Å². The van der Waals surface area contributed by atoms with Gasteiger partial charge in [-0.2, -0.15) is 5.10 Å². The van der Waals surface area contributed by atoms with Gasteiger partial charge < -0.3 is 10.8 Å². The van der Waals surface area contributed by atoms with Crippen LogP contribution < -0.4 is 5.73 Å². The van der Waals surface area contributed by atoms with E-state index in [0.717, 1.165) is 0 Å². The number of aryl methyl sites for hydroxylation is 1. The summed E-state index contributed by atoms with van der Waals surface area (Å²) in [7, 11) is 0. The predicted octanol–water partition coefficient (Wildman–Crippen LogP) is 0.946. The van der Waals surface area contributed by atoms with E-state index in [0.29, 0.717) is 6.54 Å². The Labute approximate surface area is 77.3 Å². The highest BCUT2D eigenvalue weighted by Gasteiger charge is 2.18. The van der Waals surface area contributed by atoms with Crippen molar-refractivity contribution in [3.05, 3.63) is 10.2 Å². The van der Waals surface area contributed by atoms with Crippen LogP contribution in [0.2, 0.25) is 0 Å². The smallest absolute Gasteiger partial charge is 0.342 e. The van der Waals surface area contributed by atoms with E-state index in [1.807, 2.05) is 6.92 Å². The lowest BCUT2D eigenvalue weighted by Gasteiger charge is -1.97. The molecule has 1 rings (SSSR count). The third kappa shape index (κ3) is 1.29. The van der Waals surface area contributed by atoms with Crippen LogP contribution in [-0.2, 0) is 6.54 Å². The average Bonchev–Trinajstić information content (AvgIpc) is 2.25. The van der Waals surface area contributed by atoms with Gasteiger partial charge in [0.25, 0.3) is 0 Å². The predicted molar refractivity (Wildman–Crippen MR) is 47.0 cm³/mol. The number of nitrogens with zero attached hydrogens (tertiary/aromatic N) is 2. The van der Waals surface area contributed by atoms with Crippen LogP contribution in [-0.4, -0.2) is 20.9 Å². The van der Waals surface area contributed by atoms with Crippen LogP contribution in [0.1, 0.15) is 17.3 Å². The van der Waals surface area contributed by atoms with Gasteiger partial charge in [-0.15, -0.1) is 0 Å². The molecule has 0 radical (unpaired) electrons. The molecule has 0 bridgehead atoms. The van der Waals surface area contributed by atoms with Crippen LogP contribution in [0.15, 0.2) is 4.60 Å². The molecule has 0 unspecified atom stereocenters. The Bertz CT molecular complexity index is 321. The Morgan fingerprint density at radius 1 is 1.83 bits per heavy atom. The first-order chi connectivity index (χ1) is 5.57. The van der Waals surface area contributed by atoms with E-state index in [-0.39, 0.29) is 16.0 Å². The summed E-state index contributed by atoms with van der Waals surface area (Å²) < 4.78 is 1.70. The van der Waals surface area contributed by atoms with Gasteiger partial charge in [0.05, 0.1) is 0 Å². The molecule has 0 fully saturated rings. The number of halogens is 1. The average molecular weight is 234 g/mol. The molecule has 0 aromatic carbocycles. The first kappa shape index (κ1) is 9.05. The lowest BCUT2D eigenvalue weighted by Crippen LogP contribution is -2.05. The number of nitrogens with two attached hydrogens (primary N) is 1. The van der Waals surface area contributed by atoms with Gasteiger partial charge in [0, 0.05) is 6.54 Å². The Morgan fingerprint density at radius 3 is 2.67 bits per heavy atom. The molecular weight excluding hydrogens is 226 g/mol. The number of carbonyl (C=O) groups is 1. The highest BCUT2D eigenvalue weighted by molar-refractivity contribution is 9.10. The minimum atomic E-state index is -1.07. The topological polar surface area (TPSA) is 81.1 Å². The lowest BCUT2D eigenvalue weighted by molar-refractivity contribution is 0.0697. The maximum atomic E-state index is 10.6. The summed E-state index contributed by atoms with van der Waals surface area (Å²) in [5.41, 5.74) is 5.53. The van der Waals surface area contributed by atoms with Crippen molar-refractivity contribution in [2.24, 2.45) is 0 Å². The summed E-state index contributed by atoms with van der Waals surface area (Å²) in [5.74, 6) is -0.893. The number of anilines is 1. The largest absolute Gasteiger partial charge is 0.477 e. The van der Waals surface area contributed by atoms with E-state index in [9.17, 15) is 4.79 Å². The lowest BCUT2D eigenvalue weighted by atomic mass is 10.3. The molecule has 0 aliphatic rings. The van der Waals surface area contributed by atoms with E-state index in [1.165, 1.54) is 4.68 Å². The van der Waals surface area contributed by atoms with Gasteiger partial charge in [-0.25, -0.2) is 9.48 Å². The van der Waals surface area contributed by atoms with Gasteiger partial charge in [0.15, 0.2) is 0 Å². The van der Waals surface area contributed by atoms with E-state index >= 15 is 0 Å². The fourth-order valence-electron chi connectivity index (χ4n) is 0.883. The number of aromatic nitrogens is 2. The van der Waals surface area contributed by atoms with Crippen LogP contribution in [0.4, 0.5) is 5.82 Å². The maximum Gasteiger partial charge on any atom is 0.342 e. The second-order valence-corrected chi connectivity index (χ2v) is 2.92. The zero-order valence-electron chi connectivity index (χ0n) is 6.41. The second-order valence-electron chi connectivity index (χ2n) is 2.17. The molecule has 12 heavy (non-hydrogen) atoms. The standard InChI is InChI=1S/C6H8BrN3O2/c1-2-10-5(8)3(6(11)12)4(7)9-10/h2,8H2,1H3,(H,11,12). The molecule has 6 heteroatoms. The van der Waals surface area contributed by atoms with Gasteiger partial charge in [-0.1, -0.05) is 0 Å². The molecule has 0 spiro atoms. The van der Waals surface area contributed by atoms with Crippen molar-refractivity contribution in [2.75, 3.05) is 5.73 Å². The number of hydrogen-bond donors (Lipinski definition) is 2. The molecule has 1 aromatic heterocycles. The fourth-order valence-corrected chi connectivity index (χ4v) is 1.45. The van der Waals surface area contributed by atoms with Crippen LogP contribution in [0, 0.1) is 0 Å². The Morgan fingerprint density at radius 2 is 2.42 bits per heavy atom. The second kappa shape index (κ2) is 3.14. The Kier molecular flexibility index (Phi) is 2.37. The molecule has 0 saturated carbocycles. The SMILES string of the molecule is CCn1nc(Br)c(C(=O)O)c1N. The van der Waals surface area contributed by atoms with E-state index in [2.05, 4.69) is 21.0 Å². The molecular formula is C6H8BrN3O2. The molecule has 1 heterocycles. The summed E-state index contributed by atoms with van der Waals surface area (Å²) in [4.78, 5) is 10.6. The van der Waals surface area contributed by atoms with Gasteiger partial charge >= 0.3 is 5.97 Å². The van der Waals surface area contributed by atoms with Gasteiger partial charge in [0.1, 0.15) is 16.0 Å². The molecule has 0 saturated heterocycles.